The number of piperidine rings is 1. The monoisotopic (exact) mass is 404 g/mol. The van der Waals surface area contributed by atoms with E-state index >= 15 is 0 Å². The van der Waals surface area contributed by atoms with E-state index in [9.17, 15) is 13.6 Å². The Balaban J connectivity index is 1.70. The Labute approximate surface area is 166 Å². The molecular weight excluding hydrogens is 382 g/mol. The predicted molar refractivity (Wildman–Crippen MR) is 105 cm³/mol. The van der Waals surface area contributed by atoms with Crippen LogP contribution >= 0.6 is 0 Å². The van der Waals surface area contributed by atoms with Crippen LogP contribution in [0, 0.1) is 11.3 Å². The Morgan fingerprint density at radius 2 is 2.28 bits per heavy atom. The minimum Gasteiger partial charge on any atom is -0.356 e. The summed E-state index contributed by atoms with van der Waals surface area (Å²) in [5, 5.41) is 9.79. The van der Waals surface area contributed by atoms with Gasteiger partial charge in [0.2, 0.25) is 0 Å². The zero-order valence-electron chi connectivity index (χ0n) is 15.6. The third kappa shape index (κ3) is 5.56. The van der Waals surface area contributed by atoms with Crippen molar-refractivity contribution in [2.75, 3.05) is 24.5 Å². The maximum Gasteiger partial charge on any atom is 0.312 e. The molecule has 2 amide bonds. The standard InChI is InChI=1S/C18H22F2N8O/c19-17(20)12(21)3-4-15-23-8-14(27-15)13-6-16(26-10-25-13)28-5-1-2-11(9-28)7-24-18(22)29/h3-4,6,8,10-11,17,21H,1-2,5,7,9H2,(H,23,27)(H3,22,24,29)/b4-3-,21-12?. The number of alkyl halides is 2. The average Bonchev–Trinajstić information content (AvgIpc) is 3.20. The third-order valence-corrected chi connectivity index (χ3v) is 4.59. The zero-order valence-corrected chi connectivity index (χ0v) is 15.6. The highest BCUT2D eigenvalue weighted by Crippen LogP contribution is 2.24. The molecule has 1 saturated heterocycles. The van der Waals surface area contributed by atoms with Gasteiger partial charge in [-0.3, -0.25) is 5.41 Å². The van der Waals surface area contributed by atoms with Crippen LogP contribution in [0.3, 0.4) is 0 Å². The summed E-state index contributed by atoms with van der Waals surface area (Å²) in [7, 11) is 0. The lowest BCUT2D eigenvalue weighted by Gasteiger charge is -2.33. The molecule has 1 aliphatic heterocycles. The fourth-order valence-corrected chi connectivity index (χ4v) is 3.14. The summed E-state index contributed by atoms with van der Waals surface area (Å²) in [6, 6.07) is 1.30. The van der Waals surface area contributed by atoms with E-state index in [1.807, 2.05) is 6.07 Å². The summed E-state index contributed by atoms with van der Waals surface area (Å²) in [4.78, 5) is 28.7. The van der Waals surface area contributed by atoms with Crippen molar-refractivity contribution in [2.24, 2.45) is 11.7 Å². The maximum atomic E-state index is 12.4. The van der Waals surface area contributed by atoms with Crippen LogP contribution in [0.2, 0.25) is 0 Å². The number of H-pyrrole nitrogens is 1. The number of anilines is 1. The van der Waals surface area contributed by atoms with Crippen molar-refractivity contribution in [2.45, 2.75) is 19.3 Å². The minimum atomic E-state index is -2.82. The molecule has 2 aromatic heterocycles. The van der Waals surface area contributed by atoms with E-state index in [0.717, 1.165) is 37.8 Å². The van der Waals surface area contributed by atoms with Gasteiger partial charge in [0.05, 0.1) is 23.3 Å². The number of rotatable bonds is 7. The van der Waals surface area contributed by atoms with E-state index in [2.05, 4.69) is 30.2 Å². The maximum absolute atomic E-state index is 12.4. The summed E-state index contributed by atoms with van der Waals surface area (Å²) in [6.45, 7) is 2.10. The van der Waals surface area contributed by atoms with Crippen molar-refractivity contribution in [3.8, 4) is 11.4 Å². The molecule has 0 aliphatic carbocycles. The van der Waals surface area contributed by atoms with Gasteiger partial charge in [0.25, 0.3) is 6.43 Å². The largest absolute Gasteiger partial charge is 0.356 e. The van der Waals surface area contributed by atoms with E-state index in [4.69, 9.17) is 11.1 Å². The van der Waals surface area contributed by atoms with Crippen molar-refractivity contribution >= 4 is 23.6 Å². The molecule has 0 spiro atoms. The molecule has 11 heteroatoms. The van der Waals surface area contributed by atoms with Gasteiger partial charge in [-0.05, 0) is 30.9 Å². The lowest BCUT2D eigenvalue weighted by molar-refractivity contribution is 0.226. The van der Waals surface area contributed by atoms with Crippen molar-refractivity contribution in [3.63, 3.8) is 0 Å². The van der Waals surface area contributed by atoms with Crippen molar-refractivity contribution < 1.29 is 13.6 Å². The number of nitrogens with two attached hydrogens (primary N) is 1. The van der Waals surface area contributed by atoms with Crippen molar-refractivity contribution in [1.29, 1.82) is 5.41 Å². The second kappa shape index (κ2) is 9.22. The van der Waals surface area contributed by atoms with Crippen LogP contribution in [0.5, 0.6) is 0 Å². The van der Waals surface area contributed by atoms with Gasteiger partial charge >= 0.3 is 6.03 Å². The highest BCUT2D eigenvalue weighted by molar-refractivity contribution is 5.97. The van der Waals surface area contributed by atoms with E-state index < -0.39 is 18.2 Å². The quantitative estimate of drug-likeness (QED) is 0.524. The smallest absolute Gasteiger partial charge is 0.312 e. The fourth-order valence-electron chi connectivity index (χ4n) is 3.14. The number of allylic oxidation sites excluding steroid dienone is 1. The van der Waals surface area contributed by atoms with Crippen molar-refractivity contribution in [1.82, 2.24) is 25.3 Å². The zero-order chi connectivity index (χ0) is 20.8. The first-order valence-electron chi connectivity index (χ1n) is 9.12. The number of carbonyl (C=O) groups is 1. The number of carbonyl (C=O) groups excluding carboxylic acids is 1. The molecular formula is C18H22F2N8O. The summed E-state index contributed by atoms with van der Waals surface area (Å²) < 4.78 is 24.8. The van der Waals surface area contributed by atoms with Gasteiger partial charge in [-0.25, -0.2) is 28.5 Å². The van der Waals surface area contributed by atoms with Gasteiger partial charge < -0.3 is 20.9 Å². The van der Waals surface area contributed by atoms with Gasteiger partial charge in [0.1, 0.15) is 18.0 Å². The molecule has 0 bridgehead atoms. The van der Waals surface area contributed by atoms with Crippen molar-refractivity contribution in [3.05, 3.63) is 30.5 Å². The van der Waals surface area contributed by atoms with Gasteiger partial charge in [0, 0.05) is 25.7 Å². The first-order chi connectivity index (χ1) is 13.9. The normalized spacial score (nSPS) is 17.1. The molecule has 5 N–H and O–H groups in total. The minimum absolute atomic E-state index is 0.281. The number of hydrogen-bond donors (Lipinski definition) is 4. The van der Waals surface area contributed by atoms with Gasteiger partial charge in [-0.1, -0.05) is 0 Å². The molecule has 2 aromatic rings. The summed E-state index contributed by atoms with van der Waals surface area (Å²) in [5.74, 6) is 1.38. The molecule has 1 fully saturated rings. The number of nitrogens with zero attached hydrogens (tertiary/aromatic N) is 4. The number of amides is 2. The first kappa shape index (κ1) is 20.4. The molecule has 9 nitrogen and oxygen atoms in total. The Morgan fingerprint density at radius 3 is 3.03 bits per heavy atom. The van der Waals surface area contributed by atoms with Gasteiger partial charge in [-0.15, -0.1) is 0 Å². The molecule has 0 radical (unpaired) electrons. The van der Waals surface area contributed by atoms with Crippen LogP contribution < -0.4 is 16.0 Å². The number of nitrogens with one attached hydrogen (secondary N) is 3. The number of halogens is 2. The molecule has 29 heavy (non-hydrogen) atoms. The number of urea groups is 1. The Kier molecular flexibility index (Phi) is 6.47. The molecule has 3 heterocycles. The Hall–Kier alpha value is -3.37. The number of imidazole rings is 1. The number of primary amides is 1. The van der Waals surface area contributed by atoms with E-state index in [1.54, 1.807) is 6.20 Å². The molecule has 154 valence electrons. The summed E-state index contributed by atoms with van der Waals surface area (Å²) >= 11 is 0. The van der Waals surface area contributed by atoms with Gasteiger partial charge in [-0.2, -0.15) is 0 Å². The van der Waals surface area contributed by atoms with E-state index in [-0.39, 0.29) is 5.92 Å². The first-order valence-corrected chi connectivity index (χ1v) is 9.12. The van der Waals surface area contributed by atoms with Crippen LogP contribution in [0.15, 0.2) is 24.7 Å². The predicted octanol–water partition coefficient (Wildman–Crippen LogP) is 2.05. The summed E-state index contributed by atoms with van der Waals surface area (Å²) in [5.41, 5.74) is 5.59. The molecule has 0 aromatic carbocycles. The van der Waals surface area contributed by atoms with Crippen LogP contribution in [-0.4, -0.2) is 57.7 Å². The van der Waals surface area contributed by atoms with Gasteiger partial charge in [0.15, 0.2) is 0 Å². The number of aromatic nitrogens is 4. The Bertz CT molecular complexity index is 897. The highest BCUT2D eigenvalue weighted by atomic mass is 19.3. The van der Waals surface area contributed by atoms with E-state index in [0.29, 0.717) is 23.8 Å². The molecule has 1 atom stereocenters. The van der Waals surface area contributed by atoms with Crippen LogP contribution in [0.1, 0.15) is 18.7 Å². The van der Waals surface area contributed by atoms with Crippen LogP contribution in [-0.2, 0) is 0 Å². The SMILES string of the molecule is N=C(/C=C\c1ncc(-c2cc(N3CCCC(CNC(N)=O)C3)ncn2)[nH]1)C(F)F. The molecule has 1 aliphatic rings. The lowest BCUT2D eigenvalue weighted by atomic mass is 9.98. The second-order valence-electron chi connectivity index (χ2n) is 6.73. The average molecular weight is 404 g/mol. The summed E-state index contributed by atoms with van der Waals surface area (Å²) in [6.07, 6.45) is 4.48. The number of aromatic amines is 1. The van der Waals surface area contributed by atoms with Crippen LogP contribution in [0.4, 0.5) is 19.4 Å². The third-order valence-electron chi connectivity index (χ3n) is 4.59. The second-order valence-corrected chi connectivity index (χ2v) is 6.73. The van der Waals surface area contributed by atoms with Crippen LogP contribution in [0.25, 0.3) is 17.5 Å². The van der Waals surface area contributed by atoms with E-state index in [1.165, 1.54) is 12.4 Å². The lowest BCUT2D eigenvalue weighted by Crippen LogP contribution is -2.42. The molecule has 0 saturated carbocycles. The highest BCUT2D eigenvalue weighted by Gasteiger charge is 2.21. The topological polar surface area (TPSA) is 137 Å². The molecule has 3 rings (SSSR count). The molecule has 1 unspecified atom stereocenters. The fraction of sp³-hybridized carbons (Fsp3) is 0.389. The Morgan fingerprint density at radius 1 is 1.45 bits per heavy atom. The number of hydrogen-bond acceptors (Lipinski definition) is 6.